The van der Waals surface area contributed by atoms with Gasteiger partial charge in [-0.25, -0.2) is 15.0 Å². The Kier molecular flexibility index (Phi) is 4.69. The third-order valence-electron chi connectivity index (χ3n) is 4.06. The van der Waals surface area contributed by atoms with Crippen molar-refractivity contribution in [3.8, 4) is 0 Å². The van der Waals surface area contributed by atoms with Crippen molar-refractivity contribution in [1.29, 1.82) is 0 Å². The minimum Gasteiger partial charge on any atom is -0.334 e. The van der Waals surface area contributed by atoms with Crippen molar-refractivity contribution in [2.24, 2.45) is 0 Å². The first kappa shape index (κ1) is 17.6. The van der Waals surface area contributed by atoms with Gasteiger partial charge in [-0.2, -0.15) is 0 Å². The van der Waals surface area contributed by atoms with Gasteiger partial charge >= 0.3 is 5.69 Å². The minimum atomic E-state index is -0.542. The number of aromatic nitrogens is 3. The van der Waals surface area contributed by atoms with E-state index in [9.17, 15) is 10.1 Å². The molecule has 0 saturated heterocycles. The molecular weight excluding hydrogens is 380 g/mol. The number of anilines is 4. The molecule has 0 fully saturated rings. The lowest BCUT2D eigenvalue weighted by Gasteiger charge is -2.12. The van der Waals surface area contributed by atoms with E-state index in [0.717, 1.165) is 10.8 Å². The lowest BCUT2D eigenvalue weighted by molar-refractivity contribution is -0.383. The Labute approximate surface area is 164 Å². The molecule has 4 aromatic rings. The van der Waals surface area contributed by atoms with Gasteiger partial charge in [0.15, 0.2) is 5.15 Å². The highest BCUT2D eigenvalue weighted by atomic mass is 35.5. The summed E-state index contributed by atoms with van der Waals surface area (Å²) in [5.74, 6) is 0.0801. The fourth-order valence-corrected chi connectivity index (χ4v) is 2.97. The Morgan fingerprint density at radius 3 is 2.29 bits per heavy atom. The SMILES string of the molecule is O=[N+]([O-])c1c(Nc2cccnc2Cl)ncnc1Nc1cccc2ccccc12. The van der Waals surface area contributed by atoms with Crippen LogP contribution in [-0.2, 0) is 0 Å². The summed E-state index contributed by atoms with van der Waals surface area (Å²) < 4.78 is 0. The molecule has 8 nitrogen and oxygen atoms in total. The standard InChI is InChI=1S/C19H13ClN6O2/c20-17-15(9-4-10-21-17)25-19-16(26(27)28)18(22-11-23-19)24-14-8-3-6-12-5-1-2-7-13(12)14/h1-11H,(H2,22,23,24,25). The molecule has 0 bridgehead atoms. The van der Waals surface area contributed by atoms with E-state index in [2.05, 4.69) is 25.6 Å². The highest BCUT2D eigenvalue weighted by Gasteiger charge is 2.24. The van der Waals surface area contributed by atoms with Crippen molar-refractivity contribution in [3.63, 3.8) is 0 Å². The highest BCUT2D eigenvalue weighted by Crippen LogP contribution is 2.35. The molecule has 0 radical (unpaired) electrons. The molecular formula is C19H13ClN6O2. The fraction of sp³-hybridized carbons (Fsp3) is 0. The number of nitrogens with zero attached hydrogens (tertiary/aromatic N) is 4. The molecule has 0 amide bonds. The second-order valence-corrected chi connectivity index (χ2v) is 6.15. The zero-order valence-electron chi connectivity index (χ0n) is 14.3. The van der Waals surface area contributed by atoms with Crippen molar-refractivity contribution >= 4 is 51.1 Å². The van der Waals surface area contributed by atoms with E-state index in [1.165, 1.54) is 12.5 Å². The smallest absolute Gasteiger partial charge is 0.334 e. The van der Waals surface area contributed by atoms with Crippen LogP contribution in [0, 0.1) is 10.1 Å². The maximum atomic E-state index is 11.8. The second-order valence-electron chi connectivity index (χ2n) is 5.80. The van der Waals surface area contributed by atoms with Crippen LogP contribution in [0.25, 0.3) is 10.8 Å². The molecule has 138 valence electrons. The predicted molar refractivity (Wildman–Crippen MR) is 108 cm³/mol. The van der Waals surface area contributed by atoms with Gasteiger partial charge in [0, 0.05) is 17.3 Å². The van der Waals surface area contributed by atoms with Gasteiger partial charge in [0.05, 0.1) is 10.6 Å². The fourth-order valence-electron chi connectivity index (χ4n) is 2.80. The third-order valence-corrected chi connectivity index (χ3v) is 4.36. The van der Waals surface area contributed by atoms with Crippen LogP contribution in [0.4, 0.5) is 28.7 Å². The molecule has 2 aromatic carbocycles. The molecule has 0 aliphatic heterocycles. The highest BCUT2D eigenvalue weighted by molar-refractivity contribution is 6.32. The Morgan fingerprint density at radius 1 is 0.857 bits per heavy atom. The normalized spacial score (nSPS) is 10.6. The van der Waals surface area contributed by atoms with Gasteiger partial charge in [-0.3, -0.25) is 10.1 Å². The number of halogens is 1. The van der Waals surface area contributed by atoms with Gasteiger partial charge in [-0.05, 0) is 23.6 Å². The van der Waals surface area contributed by atoms with Gasteiger partial charge in [0.2, 0.25) is 11.6 Å². The molecule has 0 spiro atoms. The number of pyridine rings is 1. The quantitative estimate of drug-likeness (QED) is 0.277. The van der Waals surface area contributed by atoms with Crippen molar-refractivity contribution in [3.05, 3.63) is 82.4 Å². The number of fused-ring (bicyclic) bond motifs is 1. The van der Waals surface area contributed by atoms with E-state index >= 15 is 0 Å². The Hall–Kier alpha value is -3.78. The summed E-state index contributed by atoms with van der Waals surface area (Å²) >= 11 is 6.04. The summed E-state index contributed by atoms with van der Waals surface area (Å²) in [6.45, 7) is 0. The van der Waals surface area contributed by atoms with Crippen LogP contribution in [-0.4, -0.2) is 19.9 Å². The first-order valence-corrected chi connectivity index (χ1v) is 8.63. The molecule has 28 heavy (non-hydrogen) atoms. The summed E-state index contributed by atoms with van der Waals surface area (Å²) in [7, 11) is 0. The van der Waals surface area contributed by atoms with E-state index in [1.54, 1.807) is 12.1 Å². The molecule has 4 rings (SSSR count). The first-order chi connectivity index (χ1) is 13.6. The van der Waals surface area contributed by atoms with E-state index in [0.29, 0.717) is 11.4 Å². The Balaban J connectivity index is 1.77. The zero-order chi connectivity index (χ0) is 19.5. The Morgan fingerprint density at radius 2 is 1.54 bits per heavy atom. The summed E-state index contributed by atoms with van der Waals surface area (Å²) in [6, 6.07) is 16.7. The van der Waals surface area contributed by atoms with Crippen LogP contribution in [0.5, 0.6) is 0 Å². The molecule has 0 aliphatic rings. The average Bonchev–Trinajstić information content (AvgIpc) is 2.70. The van der Waals surface area contributed by atoms with Crippen LogP contribution in [0.2, 0.25) is 5.15 Å². The molecule has 2 N–H and O–H groups in total. The van der Waals surface area contributed by atoms with Crippen LogP contribution in [0.3, 0.4) is 0 Å². The number of nitro groups is 1. The Bertz CT molecular complexity index is 1180. The van der Waals surface area contributed by atoms with Gasteiger partial charge in [-0.1, -0.05) is 48.0 Å². The van der Waals surface area contributed by atoms with Gasteiger partial charge in [-0.15, -0.1) is 0 Å². The van der Waals surface area contributed by atoms with Crippen LogP contribution in [0.1, 0.15) is 0 Å². The predicted octanol–water partition coefficient (Wildman–Crippen LogP) is 5.07. The number of hydrogen-bond acceptors (Lipinski definition) is 7. The van der Waals surface area contributed by atoms with Crippen molar-refractivity contribution in [2.45, 2.75) is 0 Å². The summed E-state index contributed by atoms with van der Waals surface area (Å²) in [4.78, 5) is 23.3. The maximum absolute atomic E-state index is 11.8. The zero-order valence-corrected chi connectivity index (χ0v) is 15.1. The molecule has 0 saturated carbocycles. The topological polar surface area (TPSA) is 106 Å². The molecule has 2 aromatic heterocycles. The van der Waals surface area contributed by atoms with E-state index in [-0.39, 0.29) is 22.5 Å². The van der Waals surface area contributed by atoms with Crippen LogP contribution >= 0.6 is 11.6 Å². The summed E-state index contributed by atoms with van der Waals surface area (Å²) in [5, 5.41) is 19.8. The third kappa shape index (κ3) is 3.40. The average molecular weight is 393 g/mol. The number of rotatable bonds is 5. The molecule has 0 aliphatic carbocycles. The molecule has 9 heteroatoms. The van der Waals surface area contributed by atoms with Gasteiger partial charge in [0.1, 0.15) is 6.33 Å². The van der Waals surface area contributed by atoms with Crippen molar-refractivity contribution in [2.75, 3.05) is 10.6 Å². The van der Waals surface area contributed by atoms with Gasteiger partial charge < -0.3 is 10.6 Å². The van der Waals surface area contributed by atoms with E-state index in [1.807, 2.05) is 42.5 Å². The lowest BCUT2D eigenvalue weighted by Crippen LogP contribution is -2.06. The van der Waals surface area contributed by atoms with Crippen LogP contribution < -0.4 is 10.6 Å². The monoisotopic (exact) mass is 392 g/mol. The first-order valence-electron chi connectivity index (χ1n) is 8.25. The molecule has 0 unspecified atom stereocenters. The maximum Gasteiger partial charge on any atom is 0.353 e. The minimum absolute atomic E-state index is 0.0117. The summed E-state index contributed by atoms with van der Waals surface area (Å²) in [5.41, 5.74) is 0.808. The van der Waals surface area contributed by atoms with Crippen molar-refractivity contribution < 1.29 is 4.92 Å². The van der Waals surface area contributed by atoms with Crippen LogP contribution in [0.15, 0.2) is 67.1 Å². The molecule has 2 heterocycles. The number of hydrogen-bond donors (Lipinski definition) is 2. The van der Waals surface area contributed by atoms with Gasteiger partial charge in [0.25, 0.3) is 0 Å². The largest absolute Gasteiger partial charge is 0.353 e. The summed E-state index contributed by atoms with van der Waals surface area (Å²) in [6.07, 6.45) is 2.77. The van der Waals surface area contributed by atoms with Crippen molar-refractivity contribution in [1.82, 2.24) is 15.0 Å². The number of benzene rings is 2. The van der Waals surface area contributed by atoms with E-state index in [4.69, 9.17) is 11.6 Å². The lowest BCUT2D eigenvalue weighted by atomic mass is 10.1. The van der Waals surface area contributed by atoms with E-state index < -0.39 is 4.92 Å². The molecule has 0 atom stereocenters. The second kappa shape index (κ2) is 7.45. The number of nitrogens with one attached hydrogen (secondary N) is 2.